The molecule has 7 heteroatoms. The molecule has 0 atom stereocenters. The lowest BCUT2D eigenvalue weighted by Gasteiger charge is -2.09. The van der Waals surface area contributed by atoms with Gasteiger partial charge in [-0.3, -0.25) is 9.59 Å². The van der Waals surface area contributed by atoms with Gasteiger partial charge >= 0.3 is 0 Å². The van der Waals surface area contributed by atoms with Crippen molar-refractivity contribution < 1.29 is 14.0 Å². The molecule has 3 aromatic rings. The predicted octanol–water partition coefficient (Wildman–Crippen LogP) is 3.72. The second kappa shape index (κ2) is 8.78. The van der Waals surface area contributed by atoms with E-state index in [2.05, 4.69) is 10.6 Å². The SMILES string of the molecule is O=C(CSc1cccc2cccc(Cl)c12)NCCNC(=O)c1ccco1. The number of hydrogen-bond acceptors (Lipinski definition) is 4. The standard InChI is InChI=1S/C19H17ClN2O3S/c20-14-6-1-4-13-5-2-8-16(18(13)14)26-12-17(23)21-9-10-22-19(24)15-7-3-11-25-15/h1-8,11H,9-10,12H2,(H,21,23)(H,22,24). The molecule has 2 aromatic carbocycles. The van der Waals surface area contributed by atoms with Gasteiger partial charge in [-0.2, -0.15) is 0 Å². The summed E-state index contributed by atoms with van der Waals surface area (Å²) < 4.78 is 4.99. The molecule has 0 aliphatic rings. The normalized spacial score (nSPS) is 10.7. The van der Waals surface area contributed by atoms with Crippen molar-refractivity contribution in [1.82, 2.24) is 10.6 Å². The van der Waals surface area contributed by atoms with Gasteiger partial charge in [0.25, 0.3) is 5.91 Å². The molecule has 1 aromatic heterocycles. The number of thioether (sulfide) groups is 1. The molecule has 0 aliphatic heterocycles. The number of carbonyl (C=O) groups is 2. The van der Waals surface area contributed by atoms with Crippen LogP contribution in [0.5, 0.6) is 0 Å². The Balaban J connectivity index is 1.45. The summed E-state index contributed by atoms with van der Waals surface area (Å²) in [7, 11) is 0. The van der Waals surface area contributed by atoms with Crippen molar-refractivity contribution in [2.24, 2.45) is 0 Å². The Labute approximate surface area is 160 Å². The van der Waals surface area contributed by atoms with Gasteiger partial charge in [0, 0.05) is 28.4 Å². The van der Waals surface area contributed by atoms with Crippen LogP contribution in [0.25, 0.3) is 10.8 Å². The Kier molecular flexibility index (Phi) is 6.20. The number of carbonyl (C=O) groups excluding carboxylic acids is 2. The Bertz CT molecular complexity index is 907. The van der Waals surface area contributed by atoms with Crippen LogP contribution in [-0.2, 0) is 4.79 Å². The number of halogens is 1. The van der Waals surface area contributed by atoms with Gasteiger partial charge in [-0.05, 0) is 29.7 Å². The zero-order valence-electron chi connectivity index (χ0n) is 13.8. The Morgan fingerprint density at radius 2 is 1.77 bits per heavy atom. The van der Waals surface area contributed by atoms with E-state index in [0.717, 1.165) is 15.7 Å². The van der Waals surface area contributed by atoms with Gasteiger partial charge in [-0.25, -0.2) is 0 Å². The van der Waals surface area contributed by atoms with Gasteiger partial charge in [0.1, 0.15) is 0 Å². The van der Waals surface area contributed by atoms with Crippen LogP contribution in [0.15, 0.2) is 64.1 Å². The Morgan fingerprint density at radius 1 is 1.00 bits per heavy atom. The lowest BCUT2D eigenvalue weighted by atomic mass is 10.1. The lowest BCUT2D eigenvalue weighted by Crippen LogP contribution is -2.35. The highest BCUT2D eigenvalue weighted by Crippen LogP contribution is 2.32. The molecule has 0 saturated heterocycles. The minimum Gasteiger partial charge on any atom is -0.459 e. The van der Waals surface area contributed by atoms with E-state index >= 15 is 0 Å². The second-order valence-electron chi connectivity index (χ2n) is 5.47. The maximum atomic E-state index is 12.0. The molecular formula is C19H17ClN2O3S. The zero-order chi connectivity index (χ0) is 18.4. The third-order valence-electron chi connectivity index (χ3n) is 3.65. The fourth-order valence-corrected chi connectivity index (χ4v) is 3.72. The molecule has 3 rings (SSSR count). The molecule has 0 spiro atoms. The topological polar surface area (TPSA) is 71.3 Å². The summed E-state index contributed by atoms with van der Waals surface area (Å²) in [6, 6.07) is 14.9. The molecule has 26 heavy (non-hydrogen) atoms. The lowest BCUT2D eigenvalue weighted by molar-refractivity contribution is -0.118. The van der Waals surface area contributed by atoms with E-state index in [0.29, 0.717) is 18.1 Å². The van der Waals surface area contributed by atoms with Crippen molar-refractivity contribution in [1.29, 1.82) is 0 Å². The molecule has 0 radical (unpaired) electrons. The third-order valence-corrected chi connectivity index (χ3v) is 5.02. The largest absolute Gasteiger partial charge is 0.459 e. The first-order valence-electron chi connectivity index (χ1n) is 8.03. The highest BCUT2D eigenvalue weighted by atomic mass is 35.5. The van der Waals surface area contributed by atoms with Crippen LogP contribution in [0.4, 0.5) is 0 Å². The number of fused-ring (bicyclic) bond motifs is 1. The van der Waals surface area contributed by atoms with Gasteiger partial charge < -0.3 is 15.1 Å². The third kappa shape index (κ3) is 4.59. The van der Waals surface area contributed by atoms with Crippen LogP contribution in [0.2, 0.25) is 5.02 Å². The van der Waals surface area contributed by atoms with Crippen molar-refractivity contribution >= 4 is 45.9 Å². The molecule has 0 saturated carbocycles. The monoisotopic (exact) mass is 388 g/mol. The summed E-state index contributed by atoms with van der Waals surface area (Å²) in [5, 5.41) is 8.13. The number of furan rings is 1. The summed E-state index contributed by atoms with van der Waals surface area (Å²) in [4.78, 5) is 24.7. The van der Waals surface area contributed by atoms with Crippen LogP contribution < -0.4 is 10.6 Å². The summed E-state index contributed by atoms with van der Waals surface area (Å²) in [6.07, 6.45) is 1.44. The van der Waals surface area contributed by atoms with E-state index in [1.54, 1.807) is 12.1 Å². The molecule has 2 amide bonds. The summed E-state index contributed by atoms with van der Waals surface area (Å²) in [5.74, 6) is 0.117. The Morgan fingerprint density at radius 3 is 2.54 bits per heavy atom. The summed E-state index contributed by atoms with van der Waals surface area (Å²) in [6.45, 7) is 0.679. The fourth-order valence-electron chi connectivity index (χ4n) is 2.45. The molecule has 0 unspecified atom stereocenters. The van der Waals surface area contributed by atoms with Gasteiger partial charge in [0.2, 0.25) is 5.91 Å². The van der Waals surface area contributed by atoms with Crippen LogP contribution in [0, 0.1) is 0 Å². The molecule has 0 fully saturated rings. The van der Waals surface area contributed by atoms with E-state index in [9.17, 15) is 9.59 Å². The zero-order valence-corrected chi connectivity index (χ0v) is 15.4. The van der Waals surface area contributed by atoms with E-state index in [1.807, 2.05) is 36.4 Å². The number of amides is 2. The quantitative estimate of drug-likeness (QED) is 0.478. The number of nitrogens with one attached hydrogen (secondary N) is 2. The first-order valence-corrected chi connectivity index (χ1v) is 9.40. The number of benzene rings is 2. The first-order chi connectivity index (χ1) is 12.6. The van der Waals surface area contributed by atoms with E-state index in [1.165, 1.54) is 18.0 Å². The summed E-state index contributed by atoms with van der Waals surface area (Å²) >= 11 is 7.73. The van der Waals surface area contributed by atoms with E-state index in [-0.39, 0.29) is 23.3 Å². The highest BCUT2D eigenvalue weighted by Gasteiger charge is 2.09. The molecule has 134 valence electrons. The van der Waals surface area contributed by atoms with Crippen molar-refractivity contribution in [3.8, 4) is 0 Å². The smallest absolute Gasteiger partial charge is 0.287 e. The van der Waals surface area contributed by atoms with Crippen LogP contribution in [0.3, 0.4) is 0 Å². The first kappa shape index (κ1) is 18.4. The molecule has 2 N–H and O–H groups in total. The summed E-state index contributed by atoms with van der Waals surface area (Å²) in [5.41, 5.74) is 0. The maximum Gasteiger partial charge on any atom is 0.287 e. The van der Waals surface area contributed by atoms with Crippen molar-refractivity contribution in [3.63, 3.8) is 0 Å². The molecule has 0 bridgehead atoms. The second-order valence-corrected chi connectivity index (χ2v) is 6.89. The van der Waals surface area contributed by atoms with Gasteiger partial charge in [-0.1, -0.05) is 35.9 Å². The average Bonchev–Trinajstić information content (AvgIpc) is 3.18. The fraction of sp³-hybridized carbons (Fsp3) is 0.158. The molecule has 0 aliphatic carbocycles. The van der Waals surface area contributed by atoms with Crippen molar-refractivity contribution in [2.45, 2.75) is 4.90 Å². The van der Waals surface area contributed by atoms with E-state index in [4.69, 9.17) is 16.0 Å². The minimum atomic E-state index is -0.302. The number of hydrogen-bond donors (Lipinski definition) is 2. The average molecular weight is 389 g/mol. The van der Waals surface area contributed by atoms with Crippen molar-refractivity contribution in [3.05, 3.63) is 65.6 Å². The van der Waals surface area contributed by atoms with Gasteiger partial charge in [-0.15, -0.1) is 11.8 Å². The van der Waals surface area contributed by atoms with Gasteiger partial charge in [0.15, 0.2) is 5.76 Å². The molecular weight excluding hydrogens is 372 g/mol. The highest BCUT2D eigenvalue weighted by molar-refractivity contribution is 8.00. The van der Waals surface area contributed by atoms with Crippen LogP contribution in [0.1, 0.15) is 10.6 Å². The minimum absolute atomic E-state index is 0.105. The predicted molar refractivity (Wildman–Crippen MR) is 104 cm³/mol. The van der Waals surface area contributed by atoms with Crippen LogP contribution >= 0.6 is 23.4 Å². The van der Waals surface area contributed by atoms with E-state index < -0.39 is 0 Å². The Hall–Kier alpha value is -2.44. The van der Waals surface area contributed by atoms with Crippen LogP contribution in [-0.4, -0.2) is 30.7 Å². The van der Waals surface area contributed by atoms with Crippen molar-refractivity contribution in [2.75, 3.05) is 18.8 Å². The number of rotatable bonds is 7. The maximum absolute atomic E-state index is 12.0. The molecule has 5 nitrogen and oxygen atoms in total. The van der Waals surface area contributed by atoms with Gasteiger partial charge in [0.05, 0.1) is 12.0 Å². The molecule has 1 heterocycles.